The molecule has 0 bridgehead atoms. The topological polar surface area (TPSA) is 20.3 Å². The Morgan fingerprint density at radius 1 is 1.00 bits per heavy atom. The van der Waals surface area contributed by atoms with Crippen LogP contribution < -0.4 is 0 Å². The van der Waals surface area contributed by atoms with Gasteiger partial charge in [0.1, 0.15) is 0 Å². The summed E-state index contributed by atoms with van der Waals surface area (Å²) in [6, 6.07) is 0.222. The largest absolute Gasteiger partial charge is 0.333 e. The van der Waals surface area contributed by atoms with E-state index < -0.39 is 0 Å². The Hall–Kier alpha value is -1.31. The summed E-state index contributed by atoms with van der Waals surface area (Å²) >= 11 is 0. The number of nitrogens with zero attached hydrogens (tertiary/aromatic N) is 1. The second-order valence-electron chi connectivity index (χ2n) is 6.18. The van der Waals surface area contributed by atoms with Crippen LogP contribution in [0.4, 0.5) is 0 Å². The van der Waals surface area contributed by atoms with E-state index >= 15 is 0 Å². The van der Waals surface area contributed by atoms with Gasteiger partial charge in [0, 0.05) is 18.7 Å². The van der Waals surface area contributed by atoms with Gasteiger partial charge in [0.05, 0.1) is 0 Å². The molecule has 0 radical (unpaired) electrons. The summed E-state index contributed by atoms with van der Waals surface area (Å²) in [4.78, 5) is 14.0. The zero-order valence-electron chi connectivity index (χ0n) is 14.3. The lowest BCUT2D eigenvalue weighted by molar-refractivity contribution is -0.127. The van der Waals surface area contributed by atoms with Crippen LogP contribution in [-0.2, 0) is 4.79 Å². The normalized spacial score (nSPS) is 11.3. The number of rotatable bonds is 7. The van der Waals surface area contributed by atoms with Crippen molar-refractivity contribution >= 4 is 5.91 Å². The van der Waals surface area contributed by atoms with Gasteiger partial charge >= 0.3 is 0 Å². The standard InChI is InChI=1S/C18H31NO/c1-14(2)9-8-10-17(7)11-12-19(16(5)6)18(20)13-15(3)4/h9,11,13,16H,8,10,12H2,1-7H3. The van der Waals surface area contributed by atoms with E-state index in [2.05, 4.69) is 46.8 Å². The fourth-order valence-corrected chi connectivity index (χ4v) is 1.83. The highest BCUT2D eigenvalue weighted by Gasteiger charge is 2.13. The summed E-state index contributed by atoms with van der Waals surface area (Å²) in [5.74, 6) is 0.105. The maximum absolute atomic E-state index is 12.1. The molecule has 0 aliphatic heterocycles. The molecule has 0 aliphatic carbocycles. The van der Waals surface area contributed by atoms with Crippen LogP contribution in [0.5, 0.6) is 0 Å². The molecule has 0 aromatic rings. The maximum atomic E-state index is 12.1. The van der Waals surface area contributed by atoms with Crippen LogP contribution in [0.15, 0.2) is 34.9 Å². The lowest BCUT2D eigenvalue weighted by Crippen LogP contribution is -2.36. The minimum atomic E-state index is 0.105. The van der Waals surface area contributed by atoms with Gasteiger partial charge < -0.3 is 4.90 Å². The van der Waals surface area contributed by atoms with E-state index in [0.29, 0.717) is 6.54 Å². The number of amides is 1. The summed E-state index contributed by atoms with van der Waals surface area (Å²) in [5, 5.41) is 0. The van der Waals surface area contributed by atoms with Crippen molar-refractivity contribution in [3.05, 3.63) is 34.9 Å². The van der Waals surface area contributed by atoms with Crippen molar-refractivity contribution in [1.82, 2.24) is 4.90 Å². The lowest BCUT2D eigenvalue weighted by atomic mass is 10.1. The summed E-state index contributed by atoms with van der Waals surface area (Å²) in [5.41, 5.74) is 3.75. The van der Waals surface area contributed by atoms with Crippen LogP contribution in [0.25, 0.3) is 0 Å². The Morgan fingerprint density at radius 3 is 2.05 bits per heavy atom. The van der Waals surface area contributed by atoms with Crippen molar-refractivity contribution in [2.75, 3.05) is 6.54 Å². The highest BCUT2D eigenvalue weighted by molar-refractivity contribution is 5.88. The van der Waals surface area contributed by atoms with Crippen LogP contribution in [-0.4, -0.2) is 23.4 Å². The van der Waals surface area contributed by atoms with E-state index in [0.717, 1.165) is 18.4 Å². The SMILES string of the molecule is CC(C)=CCCC(C)=CCN(C(=O)C=C(C)C)C(C)C. The Labute approximate surface area is 125 Å². The van der Waals surface area contributed by atoms with Gasteiger partial charge in [0.15, 0.2) is 0 Å². The highest BCUT2D eigenvalue weighted by Crippen LogP contribution is 2.09. The van der Waals surface area contributed by atoms with E-state index in [4.69, 9.17) is 0 Å². The molecule has 2 nitrogen and oxygen atoms in total. The molecule has 0 spiro atoms. The molecule has 0 aromatic heterocycles. The van der Waals surface area contributed by atoms with Gasteiger partial charge in [-0.1, -0.05) is 28.9 Å². The Balaban J connectivity index is 4.57. The first-order valence-corrected chi connectivity index (χ1v) is 7.48. The fourth-order valence-electron chi connectivity index (χ4n) is 1.83. The van der Waals surface area contributed by atoms with Gasteiger partial charge in [-0.15, -0.1) is 0 Å². The van der Waals surface area contributed by atoms with Crippen molar-refractivity contribution < 1.29 is 4.79 Å². The van der Waals surface area contributed by atoms with E-state index in [1.165, 1.54) is 11.1 Å². The number of carbonyl (C=O) groups is 1. The van der Waals surface area contributed by atoms with E-state index in [9.17, 15) is 4.79 Å². The van der Waals surface area contributed by atoms with Crippen molar-refractivity contribution in [2.24, 2.45) is 0 Å². The molecule has 0 N–H and O–H groups in total. The minimum absolute atomic E-state index is 0.105. The van der Waals surface area contributed by atoms with E-state index in [1.807, 2.05) is 18.7 Å². The molecule has 0 rings (SSSR count). The summed E-state index contributed by atoms with van der Waals surface area (Å²) in [7, 11) is 0. The van der Waals surface area contributed by atoms with Crippen LogP contribution in [0.3, 0.4) is 0 Å². The first-order valence-electron chi connectivity index (χ1n) is 7.48. The lowest BCUT2D eigenvalue weighted by Gasteiger charge is -2.24. The van der Waals surface area contributed by atoms with Crippen molar-refractivity contribution in [3.63, 3.8) is 0 Å². The smallest absolute Gasteiger partial charge is 0.246 e. The molecule has 0 unspecified atom stereocenters. The summed E-state index contributed by atoms with van der Waals surface area (Å²) in [6.45, 7) is 15.1. The molecule has 20 heavy (non-hydrogen) atoms. The number of allylic oxidation sites excluding steroid dienone is 4. The molecule has 0 aliphatic rings. The summed E-state index contributed by atoms with van der Waals surface area (Å²) in [6.07, 6.45) is 8.29. The Kier molecular flexibility index (Phi) is 8.94. The van der Waals surface area contributed by atoms with Gasteiger partial charge in [-0.05, 0) is 61.3 Å². The molecule has 0 aromatic carbocycles. The van der Waals surface area contributed by atoms with Crippen LogP contribution >= 0.6 is 0 Å². The first-order chi connectivity index (χ1) is 9.23. The van der Waals surface area contributed by atoms with Crippen LogP contribution in [0.1, 0.15) is 61.3 Å². The van der Waals surface area contributed by atoms with Gasteiger partial charge in [-0.25, -0.2) is 0 Å². The average Bonchev–Trinajstić information content (AvgIpc) is 2.26. The average molecular weight is 277 g/mol. The monoisotopic (exact) mass is 277 g/mol. The zero-order valence-corrected chi connectivity index (χ0v) is 14.3. The minimum Gasteiger partial charge on any atom is -0.333 e. The molecule has 0 fully saturated rings. The zero-order chi connectivity index (χ0) is 15.7. The molecular formula is C18H31NO. The predicted octanol–water partition coefficient (Wildman–Crippen LogP) is 4.88. The van der Waals surface area contributed by atoms with E-state index in [-0.39, 0.29) is 11.9 Å². The van der Waals surface area contributed by atoms with Gasteiger partial charge in [0.25, 0.3) is 0 Å². The molecule has 0 atom stereocenters. The van der Waals surface area contributed by atoms with Gasteiger partial charge in [-0.3, -0.25) is 4.79 Å². The number of hydrogen-bond acceptors (Lipinski definition) is 1. The Morgan fingerprint density at radius 2 is 1.60 bits per heavy atom. The second kappa shape index (κ2) is 9.57. The predicted molar refractivity (Wildman–Crippen MR) is 88.7 cm³/mol. The third kappa shape index (κ3) is 8.73. The highest BCUT2D eigenvalue weighted by atomic mass is 16.2. The van der Waals surface area contributed by atoms with Gasteiger partial charge in [-0.2, -0.15) is 0 Å². The molecule has 2 heteroatoms. The maximum Gasteiger partial charge on any atom is 0.246 e. The van der Waals surface area contributed by atoms with Crippen LogP contribution in [0.2, 0.25) is 0 Å². The molecule has 0 saturated carbocycles. The Bertz CT molecular complexity index is 392. The fraction of sp³-hybridized carbons (Fsp3) is 0.611. The molecular weight excluding hydrogens is 246 g/mol. The third-order valence-electron chi connectivity index (χ3n) is 3.05. The molecule has 0 saturated heterocycles. The third-order valence-corrected chi connectivity index (χ3v) is 3.05. The first kappa shape index (κ1) is 18.7. The summed E-state index contributed by atoms with van der Waals surface area (Å²) < 4.78 is 0. The van der Waals surface area contributed by atoms with Crippen LogP contribution in [0, 0.1) is 0 Å². The second-order valence-corrected chi connectivity index (χ2v) is 6.18. The van der Waals surface area contributed by atoms with E-state index in [1.54, 1.807) is 6.08 Å². The number of hydrogen-bond donors (Lipinski definition) is 0. The molecule has 0 heterocycles. The number of carbonyl (C=O) groups excluding carboxylic acids is 1. The van der Waals surface area contributed by atoms with Crippen molar-refractivity contribution in [1.29, 1.82) is 0 Å². The van der Waals surface area contributed by atoms with Crippen molar-refractivity contribution in [3.8, 4) is 0 Å². The van der Waals surface area contributed by atoms with Gasteiger partial charge in [0.2, 0.25) is 5.91 Å². The molecule has 1 amide bonds. The van der Waals surface area contributed by atoms with Crippen molar-refractivity contribution in [2.45, 2.75) is 67.3 Å². The molecule has 114 valence electrons. The quantitative estimate of drug-likeness (QED) is 0.479.